The third-order valence-corrected chi connectivity index (χ3v) is 3.11. The topological polar surface area (TPSA) is 118 Å². The van der Waals surface area contributed by atoms with Gasteiger partial charge >= 0.3 is 5.82 Å². The molecule has 0 aliphatic carbocycles. The Morgan fingerprint density at radius 3 is 2.85 bits per heavy atom. The Labute approximate surface area is 115 Å². The lowest BCUT2D eigenvalue weighted by molar-refractivity contribution is -0.392. The van der Waals surface area contributed by atoms with E-state index in [9.17, 15) is 10.1 Å². The van der Waals surface area contributed by atoms with Crippen molar-refractivity contribution in [3.8, 4) is 0 Å². The molecule has 0 fully saturated rings. The number of hydrogen-bond donors (Lipinski definition) is 1. The molecule has 0 aromatic carbocycles. The number of hydrogen-bond acceptors (Lipinski definition) is 6. The third kappa shape index (κ3) is 2.60. The normalized spacial score (nSPS) is 10.9. The second kappa shape index (κ2) is 5.68. The molecule has 2 rings (SSSR count). The molecule has 20 heavy (non-hydrogen) atoms. The minimum absolute atomic E-state index is 0.0207. The smallest absolute Gasteiger partial charge is 0.342 e. The van der Waals surface area contributed by atoms with Crippen LogP contribution in [0.15, 0.2) is 6.20 Å². The molecule has 0 spiro atoms. The predicted molar refractivity (Wildman–Crippen MR) is 72.0 cm³/mol. The summed E-state index contributed by atoms with van der Waals surface area (Å²) in [5.41, 5.74) is 6.63. The van der Waals surface area contributed by atoms with Gasteiger partial charge in [-0.05, 0) is 11.3 Å². The highest BCUT2D eigenvalue weighted by atomic mass is 16.6. The largest absolute Gasteiger partial charge is 0.381 e. The van der Waals surface area contributed by atoms with Gasteiger partial charge in [0, 0.05) is 6.92 Å². The Balaban J connectivity index is 2.17. The monoisotopic (exact) mass is 279 g/mol. The quantitative estimate of drug-likeness (QED) is 0.620. The maximum absolute atomic E-state index is 10.9. The summed E-state index contributed by atoms with van der Waals surface area (Å²) in [5, 5.41) is 18.7. The van der Waals surface area contributed by atoms with E-state index in [0.717, 1.165) is 18.5 Å². The Bertz CT molecular complexity index is 616. The predicted octanol–water partition coefficient (Wildman–Crippen LogP) is 0.926. The van der Waals surface area contributed by atoms with Crippen molar-refractivity contribution in [2.24, 2.45) is 0 Å². The lowest BCUT2D eigenvalue weighted by Gasteiger charge is -2.06. The fraction of sp³-hybridized carbons (Fsp3) is 0.545. The summed E-state index contributed by atoms with van der Waals surface area (Å²) in [4.78, 5) is 14.4. The van der Waals surface area contributed by atoms with Gasteiger partial charge in [0.2, 0.25) is 0 Å². The van der Waals surface area contributed by atoms with Crippen molar-refractivity contribution >= 4 is 11.6 Å². The van der Waals surface area contributed by atoms with Crippen molar-refractivity contribution in [1.82, 2.24) is 24.5 Å². The van der Waals surface area contributed by atoms with Gasteiger partial charge in [-0.25, -0.2) is 14.2 Å². The van der Waals surface area contributed by atoms with Gasteiger partial charge in [-0.15, -0.1) is 5.10 Å². The zero-order chi connectivity index (χ0) is 14.7. The average Bonchev–Trinajstić information content (AvgIpc) is 2.93. The summed E-state index contributed by atoms with van der Waals surface area (Å²) < 4.78 is 3.25. The molecular weight excluding hydrogens is 262 g/mol. The number of rotatable bonds is 6. The Morgan fingerprint density at radius 1 is 1.45 bits per heavy atom. The Hall–Kier alpha value is -2.45. The van der Waals surface area contributed by atoms with Gasteiger partial charge in [0.15, 0.2) is 11.6 Å². The first-order chi connectivity index (χ1) is 9.54. The fourth-order valence-electron chi connectivity index (χ4n) is 2.09. The highest BCUT2D eigenvalue weighted by Crippen LogP contribution is 2.15. The Kier molecular flexibility index (Phi) is 3.97. The number of nitro groups is 1. The van der Waals surface area contributed by atoms with Gasteiger partial charge in [-0.2, -0.15) is 0 Å². The summed E-state index contributed by atoms with van der Waals surface area (Å²) >= 11 is 0. The zero-order valence-corrected chi connectivity index (χ0v) is 11.5. The Morgan fingerprint density at radius 2 is 2.20 bits per heavy atom. The molecule has 2 aromatic heterocycles. The maximum Gasteiger partial charge on any atom is 0.342 e. The summed E-state index contributed by atoms with van der Waals surface area (Å²) in [6, 6.07) is 0. The van der Waals surface area contributed by atoms with Crippen molar-refractivity contribution < 1.29 is 4.92 Å². The molecule has 9 heteroatoms. The maximum atomic E-state index is 10.9. The molecule has 0 atom stereocenters. The van der Waals surface area contributed by atoms with Gasteiger partial charge in [0.05, 0.1) is 12.2 Å². The number of aryl methyl sites for hydroxylation is 2. The first-order valence-electron chi connectivity index (χ1n) is 6.39. The van der Waals surface area contributed by atoms with Crippen LogP contribution in [0.5, 0.6) is 0 Å². The fourth-order valence-corrected chi connectivity index (χ4v) is 2.09. The lowest BCUT2D eigenvalue weighted by Crippen LogP contribution is -2.14. The van der Waals surface area contributed by atoms with Crippen molar-refractivity contribution in [1.29, 1.82) is 0 Å². The SMILES string of the molecule is CCCc1c(N)nnn1CCn1c([N+](=O)[O-])cnc1C. The van der Waals surface area contributed by atoms with Crippen LogP contribution in [-0.2, 0) is 19.5 Å². The molecule has 108 valence electrons. The van der Waals surface area contributed by atoms with Gasteiger partial charge in [0.1, 0.15) is 12.7 Å². The summed E-state index contributed by atoms with van der Waals surface area (Å²) in [5.74, 6) is 0.998. The van der Waals surface area contributed by atoms with E-state index in [2.05, 4.69) is 15.3 Å². The van der Waals surface area contributed by atoms with Crippen molar-refractivity contribution in [2.45, 2.75) is 39.8 Å². The van der Waals surface area contributed by atoms with Crippen molar-refractivity contribution in [3.63, 3.8) is 0 Å². The second-order valence-electron chi connectivity index (χ2n) is 4.47. The molecule has 0 aliphatic rings. The molecule has 0 radical (unpaired) electrons. The van der Waals surface area contributed by atoms with Crippen molar-refractivity contribution in [3.05, 3.63) is 27.8 Å². The molecule has 9 nitrogen and oxygen atoms in total. The molecule has 2 N–H and O–H groups in total. The summed E-state index contributed by atoms with van der Waals surface area (Å²) in [6.45, 7) is 4.65. The van der Waals surface area contributed by atoms with E-state index < -0.39 is 4.92 Å². The summed E-state index contributed by atoms with van der Waals surface area (Å²) in [7, 11) is 0. The van der Waals surface area contributed by atoms with Crippen LogP contribution >= 0.6 is 0 Å². The molecule has 0 amide bonds. The highest BCUT2D eigenvalue weighted by molar-refractivity contribution is 5.32. The second-order valence-corrected chi connectivity index (χ2v) is 4.47. The van der Waals surface area contributed by atoms with Crippen LogP contribution in [0, 0.1) is 17.0 Å². The van der Waals surface area contributed by atoms with E-state index in [-0.39, 0.29) is 5.82 Å². The molecule has 2 heterocycles. The molecule has 0 bridgehead atoms. The number of anilines is 1. The van der Waals surface area contributed by atoms with E-state index in [1.807, 2.05) is 6.92 Å². The third-order valence-electron chi connectivity index (χ3n) is 3.11. The van der Waals surface area contributed by atoms with Crippen LogP contribution in [0.25, 0.3) is 0 Å². The van der Waals surface area contributed by atoms with Gasteiger partial charge < -0.3 is 15.8 Å². The first-order valence-corrected chi connectivity index (χ1v) is 6.39. The van der Waals surface area contributed by atoms with Gasteiger partial charge in [0.25, 0.3) is 0 Å². The molecular formula is C11H17N7O2. The summed E-state index contributed by atoms with van der Waals surface area (Å²) in [6.07, 6.45) is 2.98. The minimum atomic E-state index is -0.442. The molecule has 0 saturated heterocycles. The minimum Gasteiger partial charge on any atom is -0.381 e. The molecule has 0 aliphatic heterocycles. The zero-order valence-electron chi connectivity index (χ0n) is 11.5. The van der Waals surface area contributed by atoms with E-state index in [0.29, 0.717) is 24.7 Å². The van der Waals surface area contributed by atoms with Crippen molar-refractivity contribution in [2.75, 3.05) is 5.73 Å². The van der Waals surface area contributed by atoms with E-state index >= 15 is 0 Å². The average molecular weight is 279 g/mol. The number of aromatic nitrogens is 5. The van der Waals surface area contributed by atoms with Crippen LogP contribution < -0.4 is 5.73 Å². The lowest BCUT2D eigenvalue weighted by atomic mass is 10.2. The molecule has 2 aromatic rings. The van der Waals surface area contributed by atoms with E-state index in [1.165, 1.54) is 6.20 Å². The van der Waals surface area contributed by atoms with Gasteiger partial charge in [-0.3, -0.25) is 0 Å². The van der Waals surface area contributed by atoms with E-state index in [1.54, 1.807) is 16.2 Å². The van der Waals surface area contributed by atoms with Crippen LogP contribution in [-0.4, -0.2) is 29.5 Å². The standard InChI is InChI=1S/C11H17N7O2/c1-3-4-9-11(12)14-15-17(9)6-5-16-8(2)13-7-10(16)18(19)20/h7H,3-6,12H2,1-2H3. The number of nitrogens with two attached hydrogens (primary N) is 1. The van der Waals surface area contributed by atoms with Crippen LogP contribution in [0.3, 0.4) is 0 Å². The van der Waals surface area contributed by atoms with Gasteiger partial charge in [-0.1, -0.05) is 18.6 Å². The first kappa shape index (κ1) is 14.0. The highest BCUT2D eigenvalue weighted by Gasteiger charge is 2.18. The molecule has 0 unspecified atom stereocenters. The van der Waals surface area contributed by atoms with Crippen LogP contribution in [0.4, 0.5) is 11.6 Å². The number of imidazole rings is 1. The number of nitrogen functional groups attached to an aromatic ring is 1. The van der Waals surface area contributed by atoms with Crippen LogP contribution in [0.2, 0.25) is 0 Å². The van der Waals surface area contributed by atoms with E-state index in [4.69, 9.17) is 5.73 Å². The number of nitrogens with zero attached hydrogens (tertiary/aromatic N) is 6. The molecule has 0 saturated carbocycles. The van der Waals surface area contributed by atoms with Crippen LogP contribution in [0.1, 0.15) is 24.9 Å².